The number of para-hydroxylation sites is 1. The van der Waals surface area contributed by atoms with Crippen molar-refractivity contribution in [2.75, 3.05) is 0 Å². The van der Waals surface area contributed by atoms with Crippen molar-refractivity contribution >= 4 is 11.6 Å². The van der Waals surface area contributed by atoms with Crippen LogP contribution >= 0.6 is 0 Å². The lowest BCUT2D eigenvalue weighted by Gasteiger charge is -2.16. The third-order valence-electron chi connectivity index (χ3n) is 2.29. The summed E-state index contributed by atoms with van der Waals surface area (Å²) in [6.45, 7) is 5.86. The van der Waals surface area contributed by atoms with Crippen molar-refractivity contribution in [1.82, 2.24) is 0 Å². The lowest BCUT2D eigenvalue weighted by Crippen LogP contribution is -2.16. The molecule has 0 amide bonds. The summed E-state index contributed by atoms with van der Waals surface area (Å²) in [4.78, 5) is 23.4. The highest BCUT2D eigenvalue weighted by atomic mass is 16.3. The van der Waals surface area contributed by atoms with E-state index in [1.807, 2.05) is 20.8 Å². The van der Waals surface area contributed by atoms with E-state index in [1.54, 1.807) is 12.1 Å². The van der Waals surface area contributed by atoms with Crippen LogP contribution in [0.1, 0.15) is 44.0 Å². The predicted octanol–water partition coefficient (Wildman–Crippen LogP) is 2.97. The Morgan fingerprint density at radius 1 is 1.18 bits per heavy atom. The fraction of sp³-hybridized carbons (Fsp3) is 0.429. The normalized spacial score (nSPS) is 11.2. The van der Waals surface area contributed by atoms with Gasteiger partial charge in [0, 0.05) is 6.42 Å². The van der Waals surface area contributed by atoms with Gasteiger partial charge >= 0.3 is 0 Å². The van der Waals surface area contributed by atoms with E-state index < -0.39 is 0 Å². The number of rotatable bonds is 4. The third kappa shape index (κ3) is 4.39. The average Bonchev–Trinajstić information content (AvgIpc) is 2.14. The molecule has 0 radical (unpaired) electrons. The molecule has 0 aliphatic carbocycles. The monoisotopic (exact) mass is 234 g/mol. The van der Waals surface area contributed by atoms with E-state index in [4.69, 9.17) is 0 Å². The van der Waals surface area contributed by atoms with Gasteiger partial charge in [-0.05, 0) is 17.5 Å². The molecule has 0 aromatic heterocycles. The lowest BCUT2D eigenvalue weighted by atomic mass is 9.88. The summed E-state index contributed by atoms with van der Waals surface area (Å²) in [7, 11) is 0. The SMILES string of the molecule is CC(C)(C)CC(=O)CC(=O)c1ccccc1O. The maximum Gasteiger partial charge on any atom is 0.173 e. The molecule has 0 fully saturated rings. The van der Waals surface area contributed by atoms with Crippen LogP contribution in [0.2, 0.25) is 0 Å². The molecule has 0 saturated heterocycles. The van der Waals surface area contributed by atoms with Crippen molar-refractivity contribution in [3.05, 3.63) is 29.8 Å². The first-order chi connectivity index (χ1) is 7.79. The zero-order chi connectivity index (χ0) is 13.1. The fourth-order valence-electron chi connectivity index (χ4n) is 1.64. The van der Waals surface area contributed by atoms with E-state index in [1.165, 1.54) is 12.1 Å². The van der Waals surface area contributed by atoms with Gasteiger partial charge < -0.3 is 5.11 Å². The summed E-state index contributed by atoms with van der Waals surface area (Å²) >= 11 is 0. The molecule has 0 heterocycles. The molecule has 3 heteroatoms. The number of Topliss-reactive ketones (excluding diaryl/α,β-unsaturated/α-hetero) is 2. The Balaban J connectivity index is 2.68. The third-order valence-corrected chi connectivity index (χ3v) is 2.29. The van der Waals surface area contributed by atoms with Crippen LogP contribution in [0, 0.1) is 5.41 Å². The summed E-state index contributed by atoms with van der Waals surface area (Å²) in [5.74, 6) is -0.482. The van der Waals surface area contributed by atoms with E-state index >= 15 is 0 Å². The number of ketones is 2. The molecule has 3 nitrogen and oxygen atoms in total. The highest BCUT2D eigenvalue weighted by Gasteiger charge is 2.20. The molecular formula is C14H18O3. The minimum absolute atomic E-state index is 0.0685. The molecule has 1 aromatic rings. The molecule has 0 atom stereocenters. The highest BCUT2D eigenvalue weighted by molar-refractivity contribution is 6.09. The minimum atomic E-state index is -0.322. The van der Waals surface area contributed by atoms with Crippen LogP contribution < -0.4 is 0 Å². The fourth-order valence-corrected chi connectivity index (χ4v) is 1.64. The van der Waals surface area contributed by atoms with Crippen molar-refractivity contribution in [2.45, 2.75) is 33.6 Å². The topological polar surface area (TPSA) is 54.4 Å². The van der Waals surface area contributed by atoms with Crippen molar-refractivity contribution < 1.29 is 14.7 Å². The van der Waals surface area contributed by atoms with Crippen molar-refractivity contribution in [3.8, 4) is 5.75 Å². The maximum absolute atomic E-state index is 11.8. The number of hydrogen-bond acceptors (Lipinski definition) is 3. The zero-order valence-corrected chi connectivity index (χ0v) is 10.5. The van der Waals surface area contributed by atoms with Gasteiger partial charge in [0.15, 0.2) is 5.78 Å². The first kappa shape index (κ1) is 13.4. The highest BCUT2D eigenvalue weighted by Crippen LogP contribution is 2.22. The van der Waals surface area contributed by atoms with Gasteiger partial charge in [-0.2, -0.15) is 0 Å². The second kappa shape index (κ2) is 5.13. The Morgan fingerprint density at radius 3 is 2.29 bits per heavy atom. The van der Waals surface area contributed by atoms with E-state index in [0.717, 1.165) is 0 Å². The first-order valence-corrected chi connectivity index (χ1v) is 5.62. The van der Waals surface area contributed by atoms with Crippen LogP contribution in [0.3, 0.4) is 0 Å². The standard InChI is InChI=1S/C14H18O3/c1-14(2,3)9-10(15)8-13(17)11-6-4-5-7-12(11)16/h4-7,16H,8-9H2,1-3H3. The first-order valence-electron chi connectivity index (χ1n) is 5.62. The zero-order valence-electron chi connectivity index (χ0n) is 10.5. The van der Waals surface area contributed by atoms with E-state index in [2.05, 4.69) is 0 Å². The molecule has 0 spiro atoms. The molecule has 1 N–H and O–H groups in total. The number of phenolic OH excluding ortho intramolecular Hbond substituents is 1. The van der Waals surface area contributed by atoms with Gasteiger partial charge in [-0.25, -0.2) is 0 Å². The molecule has 1 aromatic carbocycles. The van der Waals surface area contributed by atoms with Gasteiger partial charge in [-0.15, -0.1) is 0 Å². The summed E-state index contributed by atoms with van der Waals surface area (Å²) in [6, 6.07) is 6.29. The van der Waals surface area contributed by atoms with E-state index in [9.17, 15) is 14.7 Å². The summed E-state index contributed by atoms with van der Waals surface area (Å²) in [5.41, 5.74) is 0.102. The largest absolute Gasteiger partial charge is 0.507 e. The Hall–Kier alpha value is -1.64. The number of aromatic hydroxyl groups is 1. The molecule has 0 unspecified atom stereocenters. The van der Waals surface area contributed by atoms with Gasteiger partial charge in [0.2, 0.25) is 0 Å². The maximum atomic E-state index is 11.8. The quantitative estimate of drug-likeness (QED) is 0.643. The summed E-state index contributed by atoms with van der Waals surface area (Å²) in [6.07, 6.45) is 0.223. The minimum Gasteiger partial charge on any atom is -0.507 e. The van der Waals surface area contributed by atoms with Gasteiger partial charge in [0.05, 0.1) is 12.0 Å². The lowest BCUT2D eigenvalue weighted by molar-refractivity contribution is -0.119. The summed E-state index contributed by atoms with van der Waals surface area (Å²) < 4.78 is 0. The van der Waals surface area contributed by atoms with Gasteiger partial charge in [-0.3, -0.25) is 9.59 Å². The molecule has 92 valence electrons. The van der Waals surface area contributed by atoms with E-state index in [0.29, 0.717) is 6.42 Å². The van der Waals surface area contributed by atoms with E-state index in [-0.39, 0.29) is 34.7 Å². The second-order valence-electron chi connectivity index (χ2n) is 5.39. The van der Waals surface area contributed by atoms with Gasteiger partial charge in [-0.1, -0.05) is 32.9 Å². The van der Waals surface area contributed by atoms with Crippen LogP contribution in [0.5, 0.6) is 5.75 Å². The smallest absolute Gasteiger partial charge is 0.173 e. The average molecular weight is 234 g/mol. The Bertz CT molecular complexity index is 427. The van der Waals surface area contributed by atoms with Crippen molar-refractivity contribution in [3.63, 3.8) is 0 Å². The second-order valence-corrected chi connectivity index (χ2v) is 5.39. The molecule has 0 saturated carbocycles. The van der Waals surface area contributed by atoms with Crippen LogP contribution in [0.4, 0.5) is 0 Å². The molecule has 0 aliphatic rings. The van der Waals surface area contributed by atoms with Crippen LogP contribution in [0.15, 0.2) is 24.3 Å². The number of phenols is 1. The van der Waals surface area contributed by atoms with Crippen molar-refractivity contribution in [2.24, 2.45) is 5.41 Å². The van der Waals surface area contributed by atoms with Crippen molar-refractivity contribution in [1.29, 1.82) is 0 Å². The molecular weight excluding hydrogens is 216 g/mol. The molecule has 0 aliphatic heterocycles. The number of carbonyl (C=O) groups is 2. The predicted molar refractivity (Wildman–Crippen MR) is 66.1 cm³/mol. The Morgan fingerprint density at radius 2 is 1.76 bits per heavy atom. The number of hydrogen-bond donors (Lipinski definition) is 1. The van der Waals surface area contributed by atoms with Crippen LogP contribution in [0.25, 0.3) is 0 Å². The molecule has 17 heavy (non-hydrogen) atoms. The Labute approximate surface area is 101 Å². The molecule has 1 rings (SSSR count). The Kier molecular flexibility index (Phi) is 4.05. The van der Waals surface area contributed by atoms with Gasteiger partial charge in [0.1, 0.15) is 11.5 Å². The van der Waals surface area contributed by atoms with Crippen LogP contribution in [-0.2, 0) is 4.79 Å². The molecule has 0 bridgehead atoms. The van der Waals surface area contributed by atoms with Gasteiger partial charge in [0.25, 0.3) is 0 Å². The number of carbonyl (C=O) groups excluding carboxylic acids is 2. The van der Waals surface area contributed by atoms with Crippen LogP contribution in [-0.4, -0.2) is 16.7 Å². The number of benzene rings is 1. The summed E-state index contributed by atoms with van der Waals surface area (Å²) in [5, 5.41) is 9.49.